The molecule has 0 bridgehead atoms. The second-order valence-electron chi connectivity index (χ2n) is 4.82. The Hall–Kier alpha value is -1.20. The van der Waals surface area contributed by atoms with Crippen molar-refractivity contribution in [3.05, 3.63) is 46.0 Å². The second-order valence-corrected chi connectivity index (χ2v) is 5.68. The van der Waals surface area contributed by atoms with Gasteiger partial charge in [-0.15, -0.1) is 0 Å². The lowest BCUT2D eigenvalue weighted by Gasteiger charge is -2.22. The summed E-state index contributed by atoms with van der Waals surface area (Å²) in [6.45, 7) is 8.21. The predicted octanol–water partition coefficient (Wildman–Crippen LogP) is 3.46. The van der Waals surface area contributed by atoms with Crippen LogP contribution in [0.15, 0.2) is 29.1 Å². The van der Waals surface area contributed by atoms with Gasteiger partial charge < -0.3 is 5.32 Å². The molecule has 0 radical (unpaired) electrons. The Bertz CT molecular complexity index is 565. The van der Waals surface area contributed by atoms with E-state index in [4.69, 9.17) is 0 Å². The summed E-state index contributed by atoms with van der Waals surface area (Å²) in [5.41, 5.74) is 3.61. The van der Waals surface area contributed by atoms with Crippen LogP contribution in [0.25, 0.3) is 0 Å². The minimum Gasteiger partial charge on any atom is -0.305 e. The molecule has 1 atom stereocenters. The van der Waals surface area contributed by atoms with Crippen LogP contribution in [0.2, 0.25) is 0 Å². The average Bonchev–Trinajstić information content (AvgIpc) is 2.79. The van der Waals surface area contributed by atoms with Gasteiger partial charge in [0.05, 0.1) is 22.4 Å². The summed E-state index contributed by atoms with van der Waals surface area (Å²) < 4.78 is 3.12. The molecule has 0 fully saturated rings. The molecule has 4 nitrogen and oxygen atoms in total. The Morgan fingerprint density at radius 1 is 1.35 bits per heavy atom. The van der Waals surface area contributed by atoms with Crippen LogP contribution in [-0.2, 0) is 6.54 Å². The number of nitrogens with zero attached hydrogens (tertiary/aromatic N) is 3. The van der Waals surface area contributed by atoms with Crippen molar-refractivity contribution >= 4 is 15.9 Å². The number of pyridine rings is 1. The van der Waals surface area contributed by atoms with E-state index in [9.17, 15) is 0 Å². The Morgan fingerprint density at radius 2 is 2.15 bits per heavy atom. The first-order valence-electron chi connectivity index (χ1n) is 7.04. The van der Waals surface area contributed by atoms with Crippen molar-refractivity contribution in [3.8, 4) is 0 Å². The van der Waals surface area contributed by atoms with E-state index in [0.717, 1.165) is 24.0 Å². The fourth-order valence-corrected chi connectivity index (χ4v) is 2.91. The van der Waals surface area contributed by atoms with E-state index in [0.29, 0.717) is 0 Å². The second kappa shape index (κ2) is 6.99. The molecule has 1 N–H and O–H groups in total. The van der Waals surface area contributed by atoms with Crippen LogP contribution in [0.1, 0.15) is 43.1 Å². The van der Waals surface area contributed by atoms with Crippen LogP contribution in [0.4, 0.5) is 0 Å². The molecular formula is C15H21BrN4. The maximum atomic E-state index is 4.47. The summed E-state index contributed by atoms with van der Waals surface area (Å²) in [4.78, 5) is 4.28. The normalized spacial score (nSPS) is 12.6. The van der Waals surface area contributed by atoms with Gasteiger partial charge in [-0.05, 0) is 53.0 Å². The number of rotatable bonds is 6. The quantitative estimate of drug-likeness (QED) is 0.878. The highest BCUT2D eigenvalue weighted by atomic mass is 79.9. The summed E-state index contributed by atoms with van der Waals surface area (Å²) in [6.07, 6.45) is 6.71. The first-order chi connectivity index (χ1) is 9.69. The van der Waals surface area contributed by atoms with Gasteiger partial charge in [-0.25, -0.2) is 0 Å². The van der Waals surface area contributed by atoms with Crippen LogP contribution in [-0.4, -0.2) is 21.3 Å². The van der Waals surface area contributed by atoms with Gasteiger partial charge in [0.1, 0.15) is 0 Å². The molecule has 0 saturated carbocycles. The Morgan fingerprint density at radius 3 is 2.80 bits per heavy atom. The van der Waals surface area contributed by atoms with Crippen LogP contribution in [0.5, 0.6) is 0 Å². The largest absolute Gasteiger partial charge is 0.305 e. The molecule has 0 aliphatic rings. The lowest BCUT2D eigenvalue weighted by Crippen LogP contribution is -2.26. The predicted molar refractivity (Wildman–Crippen MR) is 84.7 cm³/mol. The fourth-order valence-electron chi connectivity index (χ4n) is 2.39. The van der Waals surface area contributed by atoms with Gasteiger partial charge in [0, 0.05) is 18.9 Å². The Balaban J connectivity index is 2.49. The summed E-state index contributed by atoms with van der Waals surface area (Å²) in [5, 5.41) is 8.02. The molecule has 0 aliphatic heterocycles. The molecule has 2 rings (SSSR count). The van der Waals surface area contributed by atoms with Gasteiger partial charge in [-0.1, -0.05) is 13.8 Å². The van der Waals surface area contributed by atoms with Gasteiger partial charge in [-0.3, -0.25) is 9.67 Å². The highest BCUT2D eigenvalue weighted by Gasteiger charge is 2.22. The molecule has 2 aromatic rings. The number of hydrogen-bond acceptors (Lipinski definition) is 3. The average molecular weight is 337 g/mol. The summed E-state index contributed by atoms with van der Waals surface area (Å²) in [7, 11) is 0. The molecule has 2 aromatic heterocycles. The Labute approximate surface area is 128 Å². The van der Waals surface area contributed by atoms with Gasteiger partial charge >= 0.3 is 0 Å². The van der Waals surface area contributed by atoms with Crippen LogP contribution < -0.4 is 5.32 Å². The van der Waals surface area contributed by atoms with E-state index in [1.807, 2.05) is 24.7 Å². The lowest BCUT2D eigenvalue weighted by molar-refractivity contribution is 0.517. The molecule has 0 amide bonds. The zero-order chi connectivity index (χ0) is 14.5. The highest BCUT2D eigenvalue weighted by molar-refractivity contribution is 9.10. The standard InChI is InChI=1S/C15H21BrN4/c1-4-8-20-15(13(16)10-19-20)14(18-5-2)12-9-17-7-6-11(12)3/h6-7,9-10,14,18H,4-5,8H2,1-3H3. The molecule has 0 spiro atoms. The first-order valence-corrected chi connectivity index (χ1v) is 7.83. The third kappa shape index (κ3) is 3.10. The van der Waals surface area contributed by atoms with E-state index in [1.54, 1.807) is 0 Å². The minimum atomic E-state index is 0.108. The van der Waals surface area contributed by atoms with Crippen molar-refractivity contribution in [2.45, 2.75) is 39.8 Å². The molecule has 108 valence electrons. The van der Waals surface area contributed by atoms with Crippen molar-refractivity contribution in [2.24, 2.45) is 0 Å². The SMILES string of the molecule is CCCn1ncc(Br)c1C(NCC)c1cnccc1C. The lowest BCUT2D eigenvalue weighted by atomic mass is 10.0. The van der Waals surface area contributed by atoms with Crippen molar-refractivity contribution in [1.82, 2.24) is 20.1 Å². The number of aryl methyl sites for hydroxylation is 2. The number of halogens is 1. The topological polar surface area (TPSA) is 42.7 Å². The highest BCUT2D eigenvalue weighted by Crippen LogP contribution is 2.30. The smallest absolute Gasteiger partial charge is 0.0777 e. The van der Waals surface area contributed by atoms with Gasteiger partial charge in [0.2, 0.25) is 0 Å². The number of hydrogen-bond donors (Lipinski definition) is 1. The maximum Gasteiger partial charge on any atom is 0.0777 e. The summed E-state index contributed by atoms with van der Waals surface area (Å²) in [5.74, 6) is 0. The molecule has 1 unspecified atom stereocenters. The monoisotopic (exact) mass is 336 g/mol. The van der Waals surface area contributed by atoms with Gasteiger partial charge in [0.15, 0.2) is 0 Å². The van der Waals surface area contributed by atoms with E-state index >= 15 is 0 Å². The van der Waals surface area contributed by atoms with E-state index in [-0.39, 0.29) is 6.04 Å². The van der Waals surface area contributed by atoms with Crippen LogP contribution in [0.3, 0.4) is 0 Å². The van der Waals surface area contributed by atoms with Crippen LogP contribution >= 0.6 is 15.9 Å². The molecular weight excluding hydrogens is 316 g/mol. The Kier molecular flexibility index (Phi) is 5.31. The van der Waals surface area contributed by atoms with Crippen molar-refractivity contribution in [3.63, 3.8) is 0 Å². The molecule has 20 heavy (non-hydrogen) atoms. The van der Waals surface area contributed by atoms with Crippen molar-refractivity contribution in [1.29, 1.82) is 0 Å². The zero-order valence-corrected chi connectivity index (χ0v) is 13.8. The molecule has 5 heteroatoms. The zero-order valence-electron chi connectivity index (χ0n) is 12.2. The summed E-state index contributed by atoms with van der Waals surface area (Å²) in [6, 6.07) is 2.16. The first kappa shape index (κ1) is 15.2. The van der Waals surface area contributed by atoms with E-state index < -0.39 is 0 Å². The third-order valence-corrected chi connectivity index (χ3v) is 3.95. The molecule has 0 aliphatic carbocycles. The van der Waals surface area contributed by atoms with Gasteiger partial charge in [0.25, 0.3) is 0 Å². The third-order valence-electron chi connectivity index (χ3n) is 3.34. The van der Waals surface area contributed by atoms with E-state index in [1.165, 1.54) is 16.8 Å². The fraction of sp³-hybridized carbons (Fsp3) is 0.467. The molecule has 0 aromatic carbocycles. The maximum absolute atomic E-state index is 4.47. The molecule has 0 saturated heterocycles. The number of aromatic nitrogens is 3. The minimum absolute atomic E-state index is 0.108. The van der Waals surface area contributed by atoms with Crippen LogP contribution in [0, 0.1) is 6.92 Å². The van der Waals surface area contributed by atoms with E-state index in [2.05, 4.69) is 56.8 Å². The van der Waals surface area contributed by atoms with Gasteiger partial charge in [-0.2, -0.15) is 5.10 Å². The molecule has 2 heterocycles. The van der Waals surface area contributed by atoms with Crippen molar-refractivity contribution in [2.75, 3.05) is 6.54 Å². The number of nitrogens with one attached hydrogen (secondary N) is 1. The summed E-state index contributed by atoms with van der Waals surface area (Å²) >= 11 is 3.64. The van der Waals surface area contributed by atoms with Crippen molar-refractivity contribution < 1.29 is 0 Å².